The molecular formula is C14H12F3NO. The third-order valence-corrected chi connectivity index (χ3v) is 2.54. The summed E-state index contributed by atoms with van der Waals surface area (Å²) in [7, 11) is 0. The summed E-state index contributed by atoms with van der Waals surface area (Å²) in [6.07, 6.45) is -3.23. The molecule has 0 unspecified atom stereocenters. The summed E-state index contributed by atoms with van der Waals surface area (Å²) in [4.78, 5) is 3.37. The van der Waals surface area contributed by atoms with Crippen molar-refractivity contribution in [3.63, 3.8) is 0 Å². The Bertz CT molecular complexity index is 532. The first-order chi connectivity index (χ1) is 8.95. The molecule has 0 N–H and O–H groups in total. The highest BCUT2D eigenvalue weighted by Gasteiger charge is 2.31. The molecule has 0 saturated heterocycles. The highest BCUT2D eigenvalue weighted by atomic mass is 19.4. The minimum atomic E-state index is -4.41. The van der Waals surface area contributed by atoms with Gasteiger partial charge in [-0.25, -0.2) is 0 Å². The van der Waals surface area contributed by atoms with E-state index < -0.39 is 11.9 Å². The van der Waals surface area contributed by atoms with Gasteiger partial charge >= 0.3 is 6.18 Å². The number of aromatic nitrogens is 1. The second-order valence-electron chi connectivity index (χ2n) is 4.15. The number of alkyl halides is 3. The lowest BCUT2D eigenvalue weighted by Crippen LogP contribution is -2.08. The molecule has 2 rings (SSSR count). The van der Waals surface area contributed by atoms with Crippen molar-refractivity contribution in [1.82, 2.24) is 4.98 Å². The van der Waals surface area contributed by atoms with Crippen LogP contribution in [0.1, 0.15) is 16.8 Å². The first kappa shape index (κ1) is 13.4. The van der Waals surface area contributed by atoms with Gasteiger partial charge in [-0.15, -0.1) is 0 Å². The molecule has 0 saturated carbocycles. The van der Waals surface area contributed by atoms with Crippen molar-refractivity contribution < 1.29 is 17.9 Å². The Morgan fingerprint density at radius 1 is 1.05 bits per heavy atom. The van der Waals surface area contributed by atoms with E-state index in [1.54, 1.807) is 0 Å². The molecule has 0 aliphatic carbocycles. The predicted molar refractivity (Wildman–Crippen MR) is 64.8 cm³/mol. The van der Waals surface area contributed by atoms with Crippen molar-refractivity contribution in [3.8, 4) is 5.75 Å². The molecule has 2 nitrogen and oxygen atoms in total. The van der Waals surface area contributed by atoms with Gasteiger partial charge in [-0.3, -0.25) is 4.98 Å². The number of aryl methyl sites for hydroxylation is 1. The molecule has 0 amide bonds. The molecular weight excluding hydrogens is 255 g/mol. The fraction of sp³-hybridized carbons (Fsp3) is 0.214. The van der Waals surface area contributed by atoms with E-state index in [1.807, 2.05) is 31.2 Å². The first-order valence-electron chi connectivity index (χ1n) is 5.67. The SMILES string of the molecule is Cc1ccc(OCc2ccc(C(F)(F)F)nc2)cc1. The quantitative estimate of drug-likeness (QED) is 0.839. The van der Waals surface area contributed by atoms with Crippen LogP contribution in [0.5, 0.6) is 5.75 Å². The summed E-state index contributed by atoms with van der Waals surface area (Å²) in [5.41, 5.74) is 0.809. The van der Waals surface area contributed by atoms with Gasteiger partial charge in [0.25, 0.3) is 0 Å². The molecule has 0 radical (unpaired) electrons. The van der Waals surface area contributed by atoms with E-state index in [4.69, 9.17) is 4.74 Å². The van der Waals surface area contributed by atoms with Crippen LogP contribution in [0.3, 0.4) is 0 Å². The van der Waals surface area contributed by atoms with Crippen molar-refractivity contribution in [2.45, 2.75) is 19.7 Å². The van der Waals surface area contributed by atoms with Crippen LogP contribution in [0.15, 0.2) is 42.6 Å². The second-order valence-corrected chi connectivity index (χ2v) is 4.15. The van der Waals surface area contributed by atoms with Gasteiger partial charge in [0, 0.05) is 11.8 Å². The smallest absolute Gasteiger partial charge is 0.433 e. The molecule has 1 aromatic heterocycles. The second kappa shape index (κ2) is 5.30. The van der Waals surface area contributed by atoms with Crippen LogP contribution in [0.4, 0.5) is 13.2 Å². The number of rotatable bonds is 3. The van der Waals surface area contributed by atoms with Crippen LogP contribution in [-0.2, 0) is 12.8 Å². The van der Waals surface area contributed by atoms with Gasteiger partial charge in [-0.05, 0) is 25.1 Å². The van der Waals surface area contributed by atoms with E-state index in [1.165, 1.54) is 12.3 Å². The standard InChI is InChI=1S/C14H12F3NO/c1-10-2-5-12(6-3-10)19-9-11-4-7-13(18-8-11)14(15,16)17/h2-8H,9H2,1H3. The number of halogens is 3. The van der Waals surface area contributed by atoms with Gasteiger partial charge in [-0.1, -0.05) is 23.8 Å². The van der Waals surface area contributed by atoms with E-state index >= 15 is 0 Å². The Balaban J connectivity index is 1.98. The maximum atomic E-state index is 12.3. The average molecular weight is 267 g/mol. The number of ether oxygens (including phenoxy) is 1. The Morgan fingerprint density at radius 2 is 1.74 bits per heavy atom. The van der Waals surface area contributed by atoms with Crippen LogP contribution in [-0.4, -0.2) is 4.98 Å². The molecule has 0 fully saturated rings. The maximum absolute atomic E-state index is 12.3. The average Bonchev–Trinajstić information content (AvgIpc) is 2.37. The Kier molecular flexibility index (Phi) is 3.74. The van der Waals surface area contributed by atoms with Gasteiger partial charge in [-0.2, -0.15) is 13.2 Å². The molecule has 0 aliphatic heterocycles. The van der Waals surface area contributed by atoms with Gasteiger partial charge in [0.15, 0.2) is 0 Å². The Labute approximate surface area is 108 Å². The van der Waals surface area contributed by atoms with Crippen molar-refractivity contribution in [1.29, 1.82) is 0 Å². The Morgan fingerprint density at radius 3 is 2.26 bits per heavy atom. The zero-order valence-corrected chi connectivity index (χ0v) is 10.2. The highest BCUT2D eigenvalue weighted by Crippen LogP contribution is 2.27. The number of nitrogens with zero attached hydrogens (tertiary/aromatic N) is 1. The van der Waals surface area contributed by atoms with Crippen molar-refractivity contribution in [2.75, 3.05) is 0 Å². The van der Waals surface area contributed by atoms with Crippen LogP contribution >= 0.6 is 0 Å². The molecule has 0 atom stereocenters. The molecule has 1 aromatic carbocycles. The normalized spacial score (nSPS) is 11.4. The number of hydrogen-bond acceptors (Lipinski definition) is 2. The zero-order valence-electron chi connectivity index (χ0n) is 10.2. The van der Waals surface area contributed by atoms with Crippen LogP contribution < -0.4 is 4.74 Å². The summed E-state index contributed by atoms with van der Waals surface area (Å²) in [6, 6.07) is 9.75. The molecule has 0 spiro atoms. The summed E-state index contributed by atoms with van der Waals surface area (Å²) in [5, 5.41) is 0. The van der Waals surface area contributed by atoms with Crippen LogP contribution in [0.25, 0.3) is 0 Å². The number of pyridine rings is 1. The zero-order chi connectivity index (χ0) is 13.9. The summed E-state index contributed by atoms with van der Waals surface area (Å²) in [5.74, 6) is 0.672. The van der Waals surface area contributed by atoms with Gasteiger partial charge < -0.3 is 4.74 Å². The van der Waals surface area contributed by atoms with E-state index in [0.29, 0.717) is 11.3 Å². The molecule has 19 heavy (non-hydrogen) atoms. The van der Waals surface area contributed by atoms with Crippen LogP contribution in [0, 0.1) is 6.92 Å². The van der Waals surface area contributed by atoms with E-state index in [0.717, 1.165) is 11.6 Å². The number of hydrogen-bond donors (Lipinski definition) is 0. The van der Waals surface area contributed by atoms with Gasteiger partial charge in [0.05, 0.1) is 0 Å². The summed E-state index contributed by atoms with van der Waals surface area (Å²) < 4.78 is 42.4. The summed E-state index contributed by atoms with van der Waals surface area (Å²) in [6.45, 7) is 2.15. The lowest BCUT2D eigenvalue weighted by atomic mass is 10.2. The lowest BCUT2D eigenvalue weighted by Gasteiger charge is -2.08. The highest BCUT2D eigenvalue weighted by molar-refractivity contribution is 5.26. The third-order valence-electron chi connectivity index (χ3n) is 2.54. The molecule has 1 heterocycles. The lowest BCUT2D eigenvalue weighted by molar-refractivity contribution is -0.141. The molecule has 100 valence electrons. The van der Waals surface area contributed by atoms with Crippen molar-refractivity contribution in [3.05, 3.63) is 59.4 Å². The minimum absolute atomic E-state index is 0.189. The molecule has 0 aliphatic rings. The number of benzene rings is 1. The third kappa shape index (κ3) is 3.71. The topological polar surface area (TPSA) is 22.1 Å². The Hall–Kier alpha value is -2.04. The fourth-order valence-corrected chi connectivity index (χ4v) is 1.48. The molecule has 0 bridgehead atoms. The largest absolute Gasteiger partial charge is 0.489 e. The molecule has 5 heteroatoms. The molecule has 2 aromatic rings. The summed E-state index contributed by atoms with van der Waals surface area (Å²) >= 11 is 0. The van der Waals surface area contributed by atoms with Crippen molar-refractivity contribution in [2.24, 2.45) is 0 Å². The fourth-order valence-electron chi connectivity index (χ4n) is 1.48. The first-order valence-corrected chi connectivity index (χ1v) is 5.67. The maximum Gasteiger partial charge on any atom is 0.433 e. The minimum Gasteiger partial charge on any atom is -0.489 e. The monoisotopic (exact) mass is 267 g/mol. The van der Waals surface area contributed by atoms with E-state index in [9.17, 15) is 13.2 Å². The van der Waals surface area contributed by atoms with Gasteiger partial charge in [0.1, 0.15) is 18.1 Å². The van der Waals surface area contributed by atoms with Crippen molar-refractivity contribution >= 4 is 0 Å². The predicted octanol–water partition coefficient (Wildman–Crippen LogP) is 3.99. The van der Waals surface area contributed by atoms with E-state index in [-0.39, 0.29) is 6.61 Å². The van der Waals surface area contributed by atoms with Crippen LogP contribution in [0.2, 0.25) is 0 Å². The van der Waals surface area contributed by atoms with E-state index in [2.05, 4.69) is 4.98 Å². The van der Waals surface area contributed by atoms with Gasteiger partial charge in [0.2, 0.25) is 0 Å².